The van der Waals surface area contributed by atoms with Gasteiger partial charge in [-0.25, -0.2) is 0 Å². The van der Waals surface area contributed by atoms with Gasteiger partial charge in [0.2, 0.25) is 0 Å². The number of thiol groups is 1. The highest BCUT2D eigenvalue weighted by Crippen LogP contribution is 2.29. The van der Waals surface area contributed by atoms with Crippen LogP contribution in [-0.2, 0) is 28.4 Å². The Bertz CT molecular complexity index is 513. The molecule has 2 saturated heterocycles. The van der Waals surface area contributed by atoms with Crippen molar-refractivity contribution in [2.75, 3.05) is 52.0 Å². The van der Waals surface area contributed by atoms with E-state index in [0.29, 0.717) is 25.6 Å². The molecule has 0 radical (unpaired) electrons. The molecule has 13 nitrogen and oxygen atoms in total. The molecule has 0 spiro atoms. The van der Waals surface area contributed by atoms with Crippen LogP contribution in [-0.4, -0.2) is 149 Å². The molecule has 0 amide bonds. The Morgan fingerprint density at radius 3 is 1.81 bits per heavy atom. The van der Waals surface area contributed by atoms with Crippen molar-refractivity contribution < 1.29 is 64.2 Å². The molecule has 2 aliphatic rings. The Morgan fingerprint density at radius 2 is 1.19 bits per heavy atom. The largest absolute Gasteiger partial charge is 0.394 e. The number of rotatable bonds is 13. The van der Waals surface area contributed by atoms with E-state index in [1.165, 1.54) is 0 Å². The molecule has 2 fully saturated rings. The quantitative estimate of drug-likeness (QED) is 0.0910. The third kappa shape index (κ3) is 7.41. The average Bonchev–Trinajstić information content (AvgIpc) is 2.79. The van der Waals surface area contributed by atoms with Crippen LogP contribution in [0.3, 0.4) is 0 Å². The zero-order valence-corrected chi connectivity index (χ0v) is 18.4. The molecule has 10 atom stereocenters. The van der Waals surface area contributed by atoms with E-state index in [4.69, 9.17) is 28.4 Å². The lowest BCUT2D eigenvalue weighted by atomic mass is 9.97. The van der Waals surface area contributed by atoms with Crippen LogP contribution < -0.4 is 0 Å². The molecular formula is C18H34O13S. The molecule has 2 aliphatic heterocycles. The van der Waals surface area contributed by atoms with Crippen LogP contribution in [0.5, 0.6) is 0 Å². The molecule has 0 saturated carbocycles. The zero-order valence-electron chi connectivity index (χ0n) is 17.5. The van der Waals surface area contributed by atoms with Gasteiger partial charge in [0.25, 0.3) is 0 Å². The van der Waals surface area contributed by atoms with E-state index in [9.17, 15) is 35.7 Å². The molecule has 0 unspecified atom stereocenters. The minimum atomic E-state index is -1.72. The van der Waals surface area contributed by atoms with Gasteiger partial charge in [0.05, 0.1) is 46.2 Å². The predicted molar refractivity (Wildman–Crippen MR) is 108 cm³/mol. The average molecular weight is 491 g/mol. The Kier molecular flexibility index (Phi) is 12.5. The van der Waals surface area contributed by atoms with Crippen molar-refractivity contribution in [3.05, 3.63) is 0 Å². The van der Waals surface area contributed by atoms with Crippen molar-refractivity contribution in [1.29, 1.82) is 0 Å². The summed E-state index contributed by atoms with van der Waals surface area (Å²) in [5.74, 6) is 0.607. The van der Waals surface area contributed by atoms with Crippen molar-refractivity contribution in [2.24, 2.45) is 0 Å². The van der Waals surface area contributed by atoms with E-state index in [1.807, 2.05) is 0 Å². The van der Waals surface area contributed by atoms with Gasteiger partial charge in [0, 0.05) is 5.75 Å². The second-order valence-corrected chi connectivity index (χ2v) is 7.77. The minimum absolute atomic E-state index is 0.0252. The summed E-state index contributed by atoms with van der Waals surface area (Å²) in [5, 5.41) is 69.6. The third-order valence-corrected chi connectivity index (χ3v) is 5.26. The van der Waals surface area contributed by atoms with Crippen LogP contribution in [0.1, 0.15) is 0 Å². The normalized spacial score (nSPS) is 40.5. The van der Waals surface area contributed by atoms with Gasteiger partial charge in [-0.05, 0) is 0 Å². The fraction of sp³-hybridized carbons (Fsp3) is 1.00. The first kappa shape index (κ1) is 28.1. The fourth-order valence-corrected chi connectivity index (χ4v) is 3.43. The molecular weight excluding hydrogens is 456 g/mol. The zero-order chi connectivity index (χ0) is 23.7. The van der Waals surface area contributed by atoms with Crippen molar-refractivity contribution >= 4 is 12.6 Å². The highest BCUT2D eigenvalue weighted by molar-refractivity contribution is 7.80. The third-order valence-electron chi connectivity index (χ3n) is 5.08. The van der Waals surface area contributed by atoms with Gasteiger partial charge in [-0.1, -0.05) is 0 Å². The first-order valence-corrected chi connectivity index (χ1v) is 10.9. The van der Waals surface area contributed by atoms with Gasteiger partial charge in [0.1, 0.15) is 48.8 Å². The van der Waals surface area contributed by atoms with Gasteiger partial charge < -0.3 is 64.2 Å². The molecule has 2 heterocycles. The topological polar surface area (TPSA) is 197 Å². The van der Waals surface area contributed by atoms with Crippen molar-refractivity contribution in [2.45, 2.75) is 61.4 Å². The summed E-state index contributed by atoms with van der Waals surface area (Å²) in [6.45, 7) is 0.134. The summed E-state index contributed by atoms with van der Waals surface area (Å²) in [6, 6.07) is 0. The highest BCUT2D eigenvalue weighted by atomic mass is 32.1. The minimum Gasteiger partial charge on any atom is -0.394 e. The first-order chi connectivity index (χ1) is 15.3. The molecule has 0 aromatic heterocycles. The monoisotopic (exact) mass is 490 g/mol. The van der Waals surface area contributed by atoms with E-state index in [2.05, 4.69) is 12.6 Å². The molecule has 14 heteroatoms. The van der Waals surface area contributed by atoms with Crippen LogP contribution in [0.2, 0.25) is 0 Å². The Morgan fingerprint density at radius 1 is 0.625 bits per heavy atom. The maximum absolute atomic E-state index is 10.5. The molecule has 0 aromatic carbocycles. The molecule has 190 valence electrons. The number of ether oxygens (including phenoxy) is 6. The predicted octanol–water partition coefficient (Wildman–Crippen LogP) is -4.41. The Hall–Kier alpha value is -0.170. The second kappa shape index (κ2) is 14.3. The maximum atomic E-state index is 10.5. The number of aliphatic hydroxyl groups excluding tert-OH is 7. The smallest absolute Gasteiger partial charge is 0.187 e. The lowest BCUT2D eigenvalue weighted by molar-refractivity contribution is -0.359. The summed E-state index contributed by atoms with van der Waals surface area (Å²) in [7, 11) is 0. The lowest BCUT2D eigenvalue weighted by Gasteiger charge is -2.45. The van der Waals surface area contributed by atoms with Gasteiger partial charge in [-0.2, -0.15) is 12.6 Å². The molecule has 7 N–H and O–H groups in total. The van der Waals surface area contributed by atoms with Crippen molar-refractivity contribution in [3.63, 3.8) is 0 Å². The first-order valence-electron chi connectivity index (χ1n) is 10.3. The van der Waals surface area contributed by atoms with Gasteiger partial charge in [-0.15, -0.1) is 0 Å². The molecule has 32 heavy (non-hydrogen) atoms. The van der Waals surface area contributed by atoms with Crippen molar-refractivity contribution in [3.8, 4) is 0 Å². The maximum Gasteiger partial charge on any atom is 0.187 e. The summed E-state index contributed by atoms with van der Waals surface area (Å²) >= 11 is 4.01. The van der Waals surface area contributed by atoms with Gasteiger partial charge in [0.15, 0.2) is 12.6 Å². The Labute approximate surface area is 190 Å². The number of hydrogen-bond acceptors (Lipinski definition) is 14. The van der Waals surface area contributed by atoms with Crippen LogP contribution >= 0.6 is 12.6 Å². The summed E-state index contributed by atoms with van der Waals surface area (Å²) in [5.41, 5.74) is 0. The number of aliphatic hydroxyl groups is 7. The second-order valence-electron chi connectivity index (χ2n) is 7.32. The van der Waals surface area contributed by atoms with E-state index in [-0.39, 0.29) is 13.2 Å². The summed E-state index contributed by atoms with van der Waals surface area (Å²) in [4.78, 5) is 0. The SMILES string of the molecule is OC[C@H]1O[C@@H](O[C@H]2[C@H](O)[C@H](O)[C@@H](OCCOCCOCCS)O[C@@H]2CO)[C@H](O)[C@@H](O)[C@H]1O. The van der Waals surface area contributed by atoms with Gasteiger partial charge in [-0.3, -0.25) is 0 Å². The van der Waals surface area contributed by atoms with Crippen molar-refractivity contribution in [1.82, 2.24) is 0 Å². The van der Waals surface area contributed by atoms with Gasteiger partial charge >= 0.3 is 0 Å². The Balaban J connectivity index is 1.86. The van der Waals surface area contributed by atoms with Crippen LogP contribution in [0.4, 0.5) is 0 Å². The molecule has 0 bridgehead atoms. The molecule has 0 aliphatic carbocycles. The number of hydrogen-bond donors (Lipinski definition) is 8. The molecule has 0 aromatic rings. The molecule has 2 rings (SSSR count). The lowest BCUT2D eigenvalue weighted by Crippen LogP contribution is -2.64. The fourth-order valence-electron chi connectivity index (χ4n) is 3.30. The van der Waals surface area contributed by atoms with E-state index in [1.54, 1.807) is 0 Å². The van der Waals surface area contributed by atoms with E-state index < -0.39 is 74.6 Å². The van der Waals surface area contributed by atoms with Crippen LogP contribution in [0.15, 0.2) is 0 Å². The van der Waals surface area contributed by atoms with E-state index in [0.717, 1.165) is 0 Å². The highest BCUT2D eigenvalue weighted by Gasteiger charge is 2.50. The van der Waals surface area contributed by atoms with Crippen LogP contribution in [0.25, 0.3) is 0 Å². The summed E-state index contributed by atoms with van der Waals surface area (Å²) in [6.07, 6.45) is -14.8. The van der Waals surface area contributed by atoms with Crippen LogP contribution in [0, 0.1) is 0 Å². The standard InChI is InChI=1S/C18H34O13S/c19-7-9-11(21)12(22)14(24)18(29-9)31-16-10(8-20)30-17(15(25)13(16)23)28-4-3-26-1-2-27-5-6-32/h9-25,32H,1-8H2/t9-,10-,11+,12+,13-,14-,15+,16-,17+,18+/m1/s1. The summed E-state index contributed by atoms with van der Waals surface area (Å²) < 4.78 is 32.1. The van der Waals surface area contributed by atoms with E-state index >= 15 is 0 Å².